The van der Waals surface area contributed by atoms with Crippen LogP contribution in [0.5, 0.6) is 5.75 Å². The minimum Gasteiger partial charge on any atom is -0.487 e. The molecule has 1 aliphatic heterocycles. The molecule has 0 unspecified atom stereocenters. The smallest absolute Gasteiger partial charge is 0.315 e. The fraction of sp³-hybridized carbons (Fsp3) is 0.429. The molecule has 0 bridgehead atoms. The number of nitrogens with zero attached hydrogens (tertiary/aromatic N) is 6. The predicted molar refractivity (Wildman–Crippen MR) is 115 cm³/mol. The van der Waals surface area contributed by atoms with E-state index in [1.807, 2.05) is 29.6 Å². The summed E-state index contributed by atoms with van der Waals surface area (Å²) in [5, 5.41) is 14.2. The van der Waals surface area contributed by atoms with Crippen molar-refractivity contribution < 1.29 is 19.1 Å². The quantitative estimate of drug-likeness (QED) is 0.375. The first-order chi connectivity index (χ1) is 15.6. The Balaban J connectivity index is 1.25. The summed E-state index contributed by atoms with van der Waals surface area (Å²) < 4.78 is 12.3. The van der Waals surface area contributed by atoms with Gasteiger partial charge in [0.05, 0.1) is 23.0 Å². The summed E-state index contributed by atoms with van der Waals surface area (Å²) >= 11 is 1.62. The topological polar surface area (TPSA) is 112 Å². The molecule has 1 fully saturated rings. The van der Waals surface area contributed by atoms with E-state index in [0.29, 0.717) is 25.6 Å². The maximum atomic E-state index is 12.2. The number of hydrogen-bond donors (Lipinski definition) is 0. The van der Waals surface area contributed by atoms with E-state index in [2.05, 4.69) is 15.5 Å². The average molecular weight is 457 g/mol. The van der Waals surface area contributed by atoms with Gasteiger partial charge in [-0.05, 0) is 54.5 Å². The third-order valence-corrected chi connectivity index (χ3v) is 6.26. The van der Waals surface area contributed by atoms with Crippen molar-refractivity contribution in [1.29, 1.82) is 0 Å². The second-order valence-corrected chi connectivity index (χ2v) is 8.24. The first-order valence-corrected chi connectivity index (χ1v) is 11.3. The van der Waals surface area contributed by atoms with Crippen LogP contribution in [-0.4, -0.2) is 61.7 Å². The molecule has 0 spiro atoms. The number of carbonyl (C=O) groups excluding carboxylic acids is 2. The molecule has 1 saturated heterocycles. The highest BCUT2D eigenvalue weighted by Gasteiger charge is 2.27. The van der Waals surface area contributed by atoms with Crippen molar-refractivity contribution in [2.45, 2.75) is 38.7 Å². The van der Waals surface area contributed by atoms with Gasteiger partial charge in [-0.25, -0.2) is 9.67 Å². The van der Waals surface area contributed by atoms with Crippen molar-refractivity contribution >= 4 is 23.2 Å². The number of hydrogen-bond acceptors (Lipinski definition) is 9. The van der Waals surface area contributed by atoms with Crippen molar-refractivity contribution in [3.05, 3.63) is 46.7 Å². The fourth-order valence-electron chi connectivity index (χ4n) is 3.53. The lowest BCUT2D eigenvalue weighted by Crippen LogP contribution is -2.39. The molecule has 32 heavy (non-hydrogen) atoms. The third kappa shape index (κ3) is 5.47. The second kappa shape index (κ2) is 10.3. The predicted octanol–water partition coefficient (Wildman–Crippen LogP) is 2.36. The maximum absolute atomic E-state index is 12.2. The lowest BCUT2D eigenvalue weighted by atomic mass is 9.97. The van der Waals surface area contributed by atoms with Gasteiger partial charge in [0.15, 0.2) is 0 Å². The Hall–Kier alpha value is -3.34. The van der Waals surface area contributed by atoms with Crippen LogP contribution in [0.15, 0.2) is 36.0 Å². The van der Waals surface area contributed by atoms with Crippen LogP contribution in [0.3, 0.4) is 0 Å². The minimum absolute atomic E-state index is 0.166. The zero-order valence-electron chi connectivity index (χ0n) is 17.7. The molecule has 1 amide bonds. The number of carbonyl (C=O) groups is 2. The van der Waals surface area contributed by atoms with Gasteiger partial charge in [-0.2, -0.15) is 0 Å². The average Bonchev–Trinajstić information content (AvgIpc) is 3.51. The first-order valence-electron chi connectivity index (χ1n) is 10.5. The van der Waals surface area contributed by atoms with Crippen molar-refractivity contribution in [3.63, 3.8) is 0 Å². The van der Waals surface area contributed by atoms with Crippen molar-refractivity contribution in [1.82, 2.24) is 30.1 Å². The van der Waals surface area contributed by atoms with Gasteiger partial charge in [-0.3, -0.25) is 9.59 Å². The summed E-state index contributed by atoms with van der Waals surface area (Å²) in [7, 11) is 0. The van der Waals surface area contributed by atoms with Crippen LogP contribution in [0.2, 0.25) is 0 Å². The van der Waals surface area contributed by atoms with Gasteiger partial charge in [-0.1, -0.05) is 0 Å². The van der Waals surface area contributed by atoms with Crippen LogP contribution in [0.25, 0.3) is 5.69 Å². The largest absolute Gasteiger partial charge is 0.487 e. The number of likely N-dealkylation sites (tertiary alicyclic amines) is 1. The number of amides is 1. The third-order valence-electron chi connectivity index (χ3n) is 5.20. The van der Waals surface area contributed by atoms with Gasteiger partial charge in [0.2, 0.25) is 5.91 Å². The SMILES string of the molecule is CCOC(=O)CC(=O)N1CCC(c2nc(COc3ccc(-n4cnnn4)cc3)cs2)CC1. The summed E-state index contributed by atoms with van der Waals surface area (Å²) in [6.07, 6.45) is 3.02. The molecule has 1 aromatic carbocycles. The molecule has 0 saturated carbocycles. The number of piperidine rings is 1. The van der Waals surface area contributed by atoms with E-state index in [4.69, 9.17) is 14.5 Å². The lowest BCUT2D eigenvalue weighted by Gasteiger charge is -2.31. The van der Waals surface area contributed by atoms with Crippen LogP contribution in [0.1, 0.15) is 42.8 Å². The molecular weight excluding hydrogens is 432 g/mol. The number of esters is 1. The number of tetrazole rings is 1. The molecule has 0 aliphatic carbocycles. The molecule has 3 aromatic rings. The van der Waals surface area contributed by atoms with E-state index in [-0.39, 0.29) is 18.9 Å². The summed E-state index contributed by atoms with van der Waals surface area (Å²) in [4.78, 5) is 30.2. The number of aromatic nitrogens is 5. The zero-order chi connectivity index (χ0) is 22.3. The number of ether oxygens (including phenoxy) is 2. The maximum Gasteiger partial charge on any atom is 0.315 e. The Bertz CT molecular complexity index is 1030. The molecule has 11 heteroatoms. The Labute approximate surface area is 189 Å². The number of benzene rings is 1. The van der Waals surface area contributed by atoms with Crippen molar-refractivity contribution in [2.75, 3.05) is 19.7 Å². The first kappa shape index (κ1) is 21.9. The molecule has 3 heterocycles. The van der Waals surface area contributed by atoms with Crippen LogP contribution in [-0.2, 0) is 20.9 Å². The van der Waals surface area contributed by atoms with Gasteiger partial charge >= 0.3 is 5.97 Å². The summed E-state index contributed by atoms with van der Waals surface area (Å²) in [6, 6.07) is 7.50. The number of rotatable bonds is 8. The highest BCUT2D eigenvalue weighted by Crippen LogP contribution is 2.31. The van der Waals surface area contributed by atoms with E-state index >= 15 is 0 Å². The Morgan fingerprint density at radius 3 is 2.66 bits per heavy atom. The van der Waals surface area contributed by atoms with Gasteiger partial charge in [-0.15, -0.1) is 16.4 Å². The molecule has 10 nitrogen and oxygen atoms in total. The minimum atomic E-state index is -0.464. The van der Waals surface area contributed by atoms with Gasteiger partial charge in [0.1, 0.15) is 25.1 Å². The molecule has 0 radical (unpaired) electrons. The molecule has 2 aromatic heterocycles. The van der Waals surface area contributed by atoms with Crippen molar-refractivity contribution in [2.24, 2.45) is 0 Å². The zero-order valence-corrected chi connectivity index (χ0v) is 18.5. The Morgan fingerprint density at radius 1 is 1.19 bits per heavy atom. The standard InChI is InChI=1S/C21H24N6O4S/c1-2-30-20(29)11-19(28)26-9-7-15(8-10-26)21-23-16(13-32-21)12-31-18-5-3-17(4-6-18)27-14-22-24-25-27/h3-6,13-15H,2,7-12H2,1H3. The fourth-order valence-corrected chi connectivity index (χ4v) is 4.51. The Morgan fingerprint density at radius 2 is 1.97 bits per heavy atom. The van der Waals surface area contributed by atoms with Crippen LogP contribution in [0.4, 0.5) is 0 Å². The highest BCUT2D eigenvalue weighted by molar-refractivity contribution is 7.09. The normalized spacial score (nSPS) is 14.3. The van der Waals surface area contributed by atoms with Crippen LogP contribution < -0.4 is 4.74 Å². The molecular formula is C21H24N6O4S. The molecule has 4 rings (SSSR count). The van der Waals surface area contributed by atoms with E-state index < -0.39 is 5.97 Å². The summed E-state index contributed by atoms with van der Waals surface area (Å²) in [5.74, 6) is 0.427. The summed E-state index contributed by atoms with van der Waals surface area (Å²) in [6.45, 7) is 3.66. The molecule has 0 atom stereocenters. The van der Waals surface area contributed by atoms with Crippen molar-refractivity contribution in [3.8, 4) is 11.4 Å². The van der Waals surface area contributed by atoms with E-state index in [1.165, 1.54) is 6.33 Å². The van der Waals surface area contributed by atoms with Gasteiger partial charge < -0.3 is 14.4 Å². The van der Waals surface area contributed by atoms with E-state index in [9.17, 15) is 9.59 Å². The molecule has 0 N–H and O–H groups in total. The molecule has 1 aliphatic rings. The van der Waals surface area contributed by atoms with E-state index in [0.717, 1.165) is 35.0 Å². The second-order valence-electron chi connectivity index (χ2n) is 7.35. The van der Waals surface area contributed by atoms with Gasteiger partial charge in [0.25, 0.3) is 0 Å². The lowest BCUT2D eigenvalue weighted by molar-refractivity contribution is -0.149. The van der Waals surface area contributed by atoms with E-state index in [1.54, 1.807) is 27.8 Å². The molecule has 168 valence electrons. The summed E-state index contributed by atoms with van der Waals surface area (Å²) in [5.41, 5.74) is 1.74. The van der Waals surface area contributed by atoms with Gasteiger partial charge in [0, 0.05) is 24.4 Å². The van der Waals surface area contributed by atoms with Crippen LogP contribution in [0, 0.1) is 0 Å². The van der Waals surface area contributed by atoms with Crippen LogP contribution >= 0.6 is 11.3 Å². The highest BCUT2D eigenvalue weighted by atomic mass is 32.1. The number of thiazole rings is 1. The Kier molecular flexibility index (Phi) is 7.05. The monoisotopic (exact) mass is 456 g/mol.